The lowest BCUT2D eigenvalue weighted by atomic mass is 9.99. The average Bonchev–Trinajstić information content (AvgIpc) is 2.70. The van der Waals surface area contributed by atoms with Gasteiger partial charge in [-0.2, -0.15) is 0 Å². The van der Waals surface area contributed by atoms with Crippen LogP contribution >= 0.6 is 0 Å². The van der Waals surface area contributed by atoms with E-state index in [2.05, 4.69) is 10.2 Å². The Balaban J connectivity index is 1.43. The minimum atomic E-state index is -0.00861. The van der Waals surface area contributed by atoms with E-state index in [1.165, 1.54) is 0 Å². The summed E-state index contributed by atoms with van der Waals surface area (Å²) in [6.45, 7) is 6.46. The molecule has 6 heteroatoms. The van der Waals surface area contributed by atoms with Crippen molar-refractivity contribution in [2.45, 2.75) is 44.8 Å². The molecule has 1 aromatic carbocycles. The van der Waals surface area contributed by atoms with E-state index in [1.807, 2.05) is 43.2 Å². The minimum Gasteiger partial charge on any atom is -0.494 e. The molecule has 1 aromatic rings. The van der Waals surface area contributed by atoms with Crippen LogP contribution < -0.4 is 10.1 Å². The van der Waals surface area contributed by atoms with E-state index in [4.69, 9.17) is 9.47 Å². The highest BCUT2D eigenvalue weighted by atomic mass is 16.5. The highest BCUT2D eigenvalue weighted by Gasteiger charge is 2.29. The highest BCUT2D eigenvalue weighted by Crippen LogP contribution is 2.23. The number of methoxy groups -OCH3 is 1. The molecule has 2 fully saturated rings. The lowest BCUT2D eigenvalue weighted by Crippen LogP contribution is -2.50. The van der Waals surface area contributed by atoms with Gasteiger partial charge < -0.3 is 24.6 Å². The molecule has 0 radical (unpaired) electrons. The van der Waals surface area contributed by atoms with E-state index in [0.29, 0.717) is 18.8 Å². The fourth-order valence-corrected chi connectivity index (χ4v) is 3.91. The summed E-state index contributed by atoms with van der Waals surface area (Å²) in [5.74, 6) is 0.823. The van der Waals surface area contributed by atoms with Gasteiger partial charge in [-0.1, -0.05) is 0 Å². The van der Waals surface area contributed by atoms with Crippen molar-refractivity contribution in [3.8, 4) is 5.75 Å². The molecule has 3 rings (SSSR count). The van der Waals surface area contributed by atoms with Gasteiger partial charge in [0, 0.05) is 45.0 Å². The van der Waals surface area contributed by atoms with Crippen LogP contribution in [-0.4, -0.2) is 67.9 Å². The summed E-state index contributed by atoms with van der Waals surface area (Å²) in [4.78, 5) is 17.0. The molecule has 0 spiro atoms. The van der Waals surface area contributed by atoms with Crippen LogP contribution in [0.15, 0.2) is 24.3 Å². The number of carbonyl (C=O) groups is 1. The number of nitrogens with one attached hydrogen (secondary N) is 1. The molecule has 0 aliphatic carbocycles. The second-order valence-electron chi connectivity index (χ2n) is 7.08. The van der Waals surface area contributed by atoms with Crippen molar-refractivity contribution in [3.63, 3.8) is 0 Å². The van der Waals surface area contributed by atoms with E-state index < -0.39 is 0 Å². The van der Waals surface area contributed by atoms with Crippen molar-refractivity contribution >= 4 is 11.7 Å². The van der Waals surface area contributed by atoms with Crippen LogP contribution in [0.4, 0.5) is 10.5 Å². The molecule has 2 saturated heterocycles. The van der Waals surface area contributed by atoms with Crippen LogP contribution in [0, 0.1) is 0 Å². The third-order valence-electron chi connectivity index (χ3n) is 5.49. The molecule has 6 nitrogen and oxygen atoms in total. The van der Waals surface area contributed by atoms with Gasteiger partial charge in [0.05, 0.1) is 12.7 Å². The summed E-state index contributed by atoms with van der Waals surface area (Å²) >= 11 is 0. The topological polar surface area (TPSA) is 54.0 Å². The Bertz CT molecular complexity index is 562. The molecule has 26 heavy (non-hydrogen) atoms. The van der Waals surface area contributed by atoms with Crippen LogP contribution in [0.2, 0.25) is 0 Å². The van der Waals surface area contributed by atoms with E-state index in [1.54, 1.807) is 0 Å². The van der Waals surface area contributed by atoms with E-state index in [0.717, 1.165) is 63.3 Å². The number of likely N-dealkylation sites (tertiary alicyclic amines) is 2. The van der Waals surface area contributed by atoms with Gasteiger partial charge in [-0.05, 0) is 56.9 Å². The van der Waals surface area contributed by atoms with Crippen molar-refractivity contribution in [1.29, 1.82) is 0 Å². The van der Waals surface area contributed by atoms with Gasteiger partial charge in [0.15, 0.2) is 0 Å². The highest BCUT2D eigenvalue weighted by molar-refractivity contribution is 5.89. The molecule has 1 N–H and O–H groups in total. The quantitative estimate of drug-likeness (QED) is 0.875. The summed E-state index contributed by atoms with van der Waals surface area (Å²) in [5.41, 5.74) is 0.808. The molecule has 2 aliphatic rings. The maximum absolute atomic E-state index is 12.5. The van der Waals surface area contributed by atoms with E-state index in [-0.39, 0.29) is 6.03 Å². The SMILES string of the molecule is CCOc1ccc(NC(=O)N2CCC(N3CCC(OC)CC3)CC2)cc1. The summed E-state index contributed by atoms with van der Waals surface area (Å²) in [6, 6.07) is 8.13. The molecule has 0 bridgehead atoms. The molecule has 2 heterocycles. The first-order valence-corrected chi connectivity index (χ1v) is 9.75. The Morgan fingerprint density at radius 2 is 1.73 bits per heavy atom. The number of hydrogen-bond acceptors (Lipinski definition) is 4. The number of anilines is 1. The number of piperidine rings is 2. The lowest BCUT2D eigenvalue weighted by molar-refractivity contribution is 0.0173. The molecule has 2 aliphatic heterocycles. The largest absolute Gasteiger partial charge is 0.494 e. The molecule has 0 aromatic heterocycles. The molecule has 2 amide bonds. The van der Waals surface area contributed by atoms with Crippen molar-refractivity contribution < 1.29 is 14.3 Å². The standard InChI is InChI=1S/C20H31N3O3/c1-3-26-19-6-4-16(5-7-19)21-20(24)23-12-8-17(9-13-23)22-14-10-18(25-2)11-15-22/h4-7,17-18H,3,8-15H2,1-2H3,(H,21,24). The second-order valence-corrected chi connectivity index (χ2v) is 7.08. The first-order valence-electron chi connectivity index (χ1n) is 9.75. The van der Waals surface area contributed by atoms with Crippen LogP contribution in [0.3, 0.4) is 0 Å². The number of rotatable bonds is 5. The van der Waals surface area contributed by atoms with Gasteiger partial charge >= 0.3 is 6.03 Å². The Labute approximate surface area is 156 Å². The number of carbonyl (C=O) groups excluding carboxylic acids is 1. The number of nitrogens with zero attached hydrogens (tertiary/aromatic N) is 2. The van der Waals surface area contributed by atoms with E-state index >= 15 is 0 Å². The van der Waals surface area contributed by atoms with Gasteiger partial charge in [0.2, 0.25) is 0 Å². The van der Waals surface area contributed by atoms with Crippen molar-refractivity contribution in [2.24, 2.45) is 0 Å². The number of benzene rings is 1. The number of ether oxygens (including phenoxy) is 2. The molecule has 144 valence electrons. The Morgan fingerprint density at radius 1 is 1.08 bits per heavy atom. The third-order valence-corrected chi connectivity index (χ3v) is 5.49. The average molecular weight is 361 g/mol. The summed E-state index contributed by atoms with van der Waals surface area (Å²) in [7, 11) is 1.81. The minimum absolute atomic E-state index is 0.00861. The van der Waals surface area contributed by atoms with Gasteiger partial charge in [-0.25, -0.2) is 4.79 Å². The molecular weight excluding hydrogens is 330 g/mol. The smallest absolute Gasteiger partial charge is 0.321 e. The number of urea groups is 1. The first-order chi connectivity index (χ1) is 12.7. The van der Waals surface area contributed by atoms with Gasteiger partial charge in [0.25, 0.3) is 0 Å². The van der Waals surface area contributed by atoms with E-state index in [9.17, 15) is 4.79 Å². The Kier molecular flexibility index (Phi) is 6.74. The lowest BCUT2D eigenvalue weighted by Gasteiger charge is -2.41. The van der Waals surface area contributed by atoms with Crippen LogP contribution in [0.1, 0.15) is 32.6 Å². The van der Waals surface area contributed by atoms with Crippen LogP contribution in [-0.2, 0) is 4.74 Å². The predicted octanol–water partition coefficient (Wildman–Crippen LogP) is 3.19. The summed E-state index contributed by atoms with van der Waals surface area (Å²) in [5, 5.41) is 2.99. The van der Waals surface area contributed by atoms with Gasteiger partial charge in [0.1, 0.15) is 5.75 Å². The monoisotopic (exact) mass is 361 g/mol. The normalized spacial score (nSPS) is 20.2. The zero-order valence-electron chi connectivity index (χ0n) is 15.9. The van der Waals surface area contributed by atoms with Crippen LogP contribution in [0.5, 0.6) is 5.75 Å². The zero-order valence-corrected chi connectivity index (χ0v) is 15.9. The third kappa shape index (κ3) is 4.89. The van der Waals surface area contributed by atoms with Gasteiger partial charge in [-0.15, -0.1) is 0 Å². The first kappa shape index (κ1) is 19.0. The molecular formula is C20H31N3O3. The van der Waals surface area contributed by atoms with Crippen molar-refractivity contribution in [2.75, 3.05) is 45.2 Å². The maximum atomic E-state index is 12.5. The molecule has 0 saturated carbocycles. The summed E-state index contributed by atoms with van der Waals surface area (Å²) < 4.78 is 10.9. The van der Waals surface area contributed by atoms with Crippen molar-refractivity contribution in [1.82, 2.24) is 9.80 Å². The van der Waals surface area contributed by atoms with Crippen molar-refractivity contribution in [3.05, 3.63) is 24.3 Å². The fourth-order valence-electron chi connectivity index (χ4n) is 3.91. The second kappa shape index (κ2) is 9.24. The number of amides is 2. The Hall–Kier alpha value is -1.79. The predicted molar refractivity (Wildman–Crippen MR) is 103 cm³/mol. The molecule has 0 unspecified atom stereocenters. The molecule has 0 atom stereocenters. The van der Waals surface area contributed by atoms with Gasteiger partial charge in [-0.3, -0.25) is 0 Å². The van der Waals surface area contributed by atoms with Crippen LogP contribution in [0.25, 0.3) is 0 Å². The zero-order chi connectivity index (χ0) is 18.4. The maximum Gasteiger partial charge on any atom is 0.321 e. The summed E-state index contributed by atoms with van der Waals surface area (Å²) in [6.07, 6.45) is 4.76. The Morgan fingerprint density at radius 3 is 2.31 bits per heavy atom. The fraction of sp³-hybridized carbons (Fsp3) is 0.650. The number of hydrogen-bond donors (Lipinski definition) is 1.